The zero-order valence-electron chi connectivity index (χ0n) is 18.0. The molecule has 1 aromatic heterocycles. The Morgan fingerprint density at radius 3 is 2.44 bits per heavy atom. The lowest BCUT2D eigenvalue weighted by Crippen LogP contribution is -2.31. The Morgan fingerprint density at radius 1 is 1.00 bits per heavy atom. The third kappa shape index (κ3) is 4.04. The van der Waals surface area contributed by atoms with Gasteiger partial charge in [0.1, 0.15) is 5.76 Å². The number of amides is 1. The number of hydrogen-bond acceptors (Lipinski definition) is 3. The van der Waals surface area contributed by atoms with E-state index in [9.17, 15) is 14.7 Å². The standard InChI is InChI=1S/C27H20BrClN2O3/c28-19-9-5-16(6-10-19)24-23(25(32)17-7-11-20(29)12-8-17)26(33)27(34)31(24)14-13-18-15-30-22-4-2-1-3-21(18)22/h1-12,15,24,30,32H,13-14H2/b25-23-. The fraction of sp³-hybridized carbons (Fsp3) is 0.111. The van der Waals surface area contributed by atoms with E-state index in [0.29, 0.717) is 23.6 Å². The van der Waals surface area contributed by atoms with Crippen LogP contribution in [0.4, 0.5) is 0 Å². The van der Waals surface area contributed by atoms with Crippen molar-refractivity contribution in [3.8, 4) is 0 Å². The fourth-order valence-corrected chi connectivity index (χ4v) is 4.84. The molecular weight excluding hydrogens is 516 g/mol. The van der Waals surface area contributed by atoms with Crippen molar-refractivity contribution in [3.63, 3.8) is 0 Å². The molecule has 1 amide bonds. The molecule has 1 unspecified atom stereocenters. The van der Waals surface area contributed by atoms with E-state index < -0.39 is 17.7 Å². The number of para-hydroxylation sites is 1. The van der Waals surface area contributed by atoms with Crippen LogP contribution < -0.4 is 0 Å². The topological polar surface area (TPSA) is 73.4 Å². The highest BCUT2D eigenvalue weighted by atomic mass is 79.9. The van der Waals surface area contributed by atoms with E-state index in [0.717, 1.165) is 26.5 Å². The number of nitrogens with one attached hydrogen (secondary N) is 1. The van der Waals surface area contributed by atoms with Crippen molar-refractivity contribution in [2.24, 2.45) is 0 Å². The lowest BCUT2D eigenvalue weighted by atomic mass is 9.95. The highest BCUT2D eigenvalue weighted by Gasteiger charge is 2.45. The molecule has 0 bridgehead atoms. The second-order valence-corrected chi connectivity index (χ2v) is 9.51. The van der Waals surface area contributed by atoms with E-state index in [-0.39, 0.29) is 11.3 Å². The third-order valence-corrected chi connectivity index (χ3v) is 6.92. The number of H-pyrrole nitrogens is 1. The summed E-state index contributed by atoms with van der Waals surface area (Å²) in [7, 11) is 0. The lowest BCUT2D eigenvalue weighted by molar-refractivity contribution is -0.139. The Kier molecular flexibility index (Phi) is 6.02. The lowest BCUT2D eigenvalue weighted by Gasteiger charge is -2.25. The molecule has 5 nitrogen and oxygen atoms in total. The highest BCUT2D eigenvalue weighted by Crippen LogP contribution is 2.40. The van der Waals surface area contributed by atoms with Crippen LogP contribution in [0.1, 0.15) is 22.7 Å². The number of rotatable bonds is 5. The molecule has 2 N–H and O–H groups in total. The number of carbonyl (C=O) groups excluding carboxylic acids is 2. The number of aliphatic hydroxyl groups is 1. The molecule has 4 aromatic rings. The zero-order valence-corrected chi connectivity index (χ0v) is 20.3. The summed E-state index contributed by atoms with van der Waals surface area (Å²) >= 11 is 9.42. The zero-order chi connectivity index (χ0) is 23.8. The minimum absolute atomic E-state index is 0.0774. The first-order chi connectivity index (χ1) is 16.4. The van der Waals surface area contributed by atoms with Gasteiger partial charge in [0.15, 0.2) is 0 Å². The fourth-order valence-electron chi connectivity index (χ4n) is 4.44. The van der Waals surface area contributed by atoms with Gasteiger partial charge in [0.05, 0.1) is 11.6 Å². The molecule has 170 valence electrons. The number of benzene rings is 3. The van der Waals surface area contributed by atoms with Crippen molar-refractivity contribution in [1.82, 2.24) is 9.88 Å². The molecule has 0 spiro atoms. The highest BCUT2D eigenvalue weighted by molar-refractivity contribution is 9.10. The molecule has 1 saturated heterocycles. The monoisotopic (exact) mass is 534 g/mol. The Hall–Kier alpha value is -3.35. The first-order valence-electron chi connectivity index (χ1n) is 10.8. The van der Waals surface area contributed by atoms with Gasteiger partial charge in [0, 0.05) is 38.7 Å². The Morgan fingerprint density at radius 2 is 1.71 bits per heavy atom. The van der Waals surface area contributed by atoms with Crippen LogP contribution in [0, 0.1) is 0 Å². The molecule has 2 heterocycles. The van der Waals surface area contributed by atoms with Gasteiger partial charge in [0.25, 0.3) is 11.7 Å². The van der Waals surface area contributed by atoms with Gasteiger partial charge in [0.2, 0.25) is 0 Å². The van der Waals surface area contributed by atoms with Gasteiger partial charge in [-0.05, 0) is 60.0 Å². The first-order valence-corrected chi connectivity index (χ1v) is 12.0. The molecule has 1 aliphatic heterocycles. The molecule has 5 rings (SSSR count). The maximum Gasteiger partial charge on any atom is 0.295 e. The smallest absolute Gasteiger partial charge is 0.295 e. The van der Waals surface area contributed by atoms with Crippen LogP contribution in [0.5, 0.6) is 0 Å². The second kappa shape index (κ2) is 9.12. The number of aromatic nitrogens is 1. The number of nitrogens with zero attached hydrogens (tertiary/aromatic N) is 1. The summed E-state index contributed by atoms with van der Waals surface area (Å²) in [6, 6.07) is 21.2. The molecule has 0 aliphatic carbocycles. The van der Waals surface area contributed by atoms with E-state index in [1.807, 2.05) is 54.7 Å². The van der Waals surface area contributed by atoms with Crippen molar-refractivity contribution in [2.45, 2.75) is 12.5 Å². The minimum atomic E-state index is -0.700. The summed E-state index contributed by atoms with van der Waals surface area (Å²) in [5.41, 5.74) is 3.34. The molecular formula is C27H20BrClN2O3. The van der Waals surface area contributed by atoms with Crippen LogP contribution >= 0.6 is 27.5 Å². The molecule has 1 fully saturated rings. The van der Waals surface area contributed by atoms with Crippen molar-refractivity contribution in [1.29, 1.82) is 0 Å². The number of halogens is 2. The summed E-state index contributed by atoms with van der Waals surface area (Å²) < 4.78 is 0.879. The number of aromatic amines is 1. The molecule has 0 saturated carbocycles. The normalized spacial score (nSPS) is 17.6. The molecule has 34 heavy (non-hydrogen) atoms. The summed E-state index contributed by atoms with van der Waals surface area (Å²) in [4.78, 5) is 31.1. The van der Waals surface area contributed by atoms with Gasteiger partial charge in [-0.15, -0.1) is 0 Å². The van der Waals surface area contributed by atoms with Gasteiger partial charge in [-0.2, -0.15) is 0 Å². The number of fused-ring (bicyclic) bond motifs is 1. The van der Waals surface area contributed by atoms with E-state index in [1.54, 1.807) is 29.2 Å². The summed E-state index contributed by atoms with van der Waals surface area (Å²) in [5.74, 6) is -1.53. The SMILES string of the molecule is O=C1C(=O)N(CCc2c[nH]c3ccccc23)C(c2ccc(Br)cc2)/C1=C(/O)c1ccc(Cl)cc1. The average molecular weight is 536 g/mol. The van der Waals surface area contributed by atoms with E-state index in [4.69, 9.17) is 11.6 Å². The average Bonchev–Trinajstić information content (AvgIpc) is 3.37. The predicted octanol–water partition coefficient (Wildman–Crippen LogP) is 6.25. The Labute approximate surface area is 209 Å². The van der Waals surface area contributed by atoms with Crippen LogP contribution in [-0.4, -0.2) is 33.2 Å². The van der Waals surface area contributed by atoms with Crippen LogP contribution in [0.25, 0.3) is 16.7 Å². The second-order valence-electron chi connectivity index (χ2n) is 8.16. The quantitative estimate of drug-likeness (QED) is 0.180. The number of ketones is 1. The largest absolute Gasteiger partial charge is 0.507 e. The van der Waals surface area contributed by atoms with Crippen LogP contribution in [0.3, 0.4) is 0 Å². The number of hydrogen-bond donors (Lipinski definition) is 2. The Balaban J connectivity index is 1.56. The maximum atomic E-state index is 13.2. The summed E-state index contributed by atoms with van der Waals surface area (Å²) in [6.45, 7) is 0.324. The predicted molar refractivity (Wildman–Crippen MR) is 137 cm³/mol. The number of likely N-dealkylation sites (tertiary alicyclic amines) is 1. The molecule has 1 atom stereocenters. The van der Waals surface area contributed by atoms with Gasteiger partial charge in [-0.1, -0.05) is 57.9 Å². The third-order valence-electron chi connectivity index (χ3n) is 6.14. The number of Topliss-reactive ketones (excluding diaryl/α,β-unsaturated/α-hetero) is 1. The van der Waals surface area contributed by atoms with Gasteiger partial charge in [-0.25, -0.2) is 0 Å². The molecule has 1 aliphatic rings. The molecule has 7 heteroatoms. The van der Waals surface area contributed by atoms with Crippen LogP contribution in [0.15, 0.2) is 89.0 Å². The first kappa shape index (κ1) is 22.4. The van der Waals surface area contributed by atoms with Gasteiger partial charge >= 0.3 is 0 Å². The van der Waals surface area contributed by atoms with Gasteiger partial charge in [-0.3, -0.25) is 9.59 Å². The van der Waals surface area contributed by atoms with Crippen LogP contribution in [-0.2, 0) is 16.0 Å². The van der Waals surface area contributed by atoms with Crippen LogP contribution in [0.2, 0.25) is 5.02 Å². The van der Waals surface area contributed by atoms with Crippen molar-refractivity contribution < 1.29 is 14.7 Å². The van der Waals surface area contributed by atoms with Crippen molar-refractivity contribution in [2.75, 3.05) is 6.54 Å². The summed E-state index contributed by atoms with van der Waals surface area (Å²) in [6.07, 6.45) is 2.49. The molecule has 0 radical (unpaired) electrons. The Bertz CT molecular complexity index is 1420. The number of aliphatic hydroxyl groups excluding tert-OH is 1. The van der Waals surface area contributed by atoms with Crippen molar-refractivity contribution in [3.05, 3.63) is 111 Å². The summed E-state index contributed by atoms with van der Waals surface area (Å²) in [5, 5.41) is 12.7. The maximum absolute atomic E-state index is 13.2. The van der Waals surface area contributed by atoms with E-state index >= 15 is 0 Å². The van der Waals surface area contributed by atoms with E-state index in [1.165, 1.54) is 0 Å². The van der Waals surface area contributed by atoms with Crippen molar-refractivity contribution >= 4 is 55.9 Å². The van der Waals surface area contributed by atoms with E-state index in [2.05, 4.69) is 20.9 Å². The number of carbonyl (C=O) groups is 2. The van der Waals surface area contributed by atoms with Gasteiger partial charge < -0.3 is 15.0 Å². The molecule has 3 aromatic carbocycles. The minimum Gasteiger partial charge on any atom is -0.507 e.